The predicted molar refractivity (Wildman–Crippen MR) is 105 cm³/mol. The molecule has 0 aliphatic carbocycles. The van der Waals surface area contributed by atoms with Gasteiger partial charge in [0.05, 0.1) is 25.7 Å². The van der Waals surface area contributed by atoms with Crippen LogP contribution in [0.3, 0.4) is 0 Å². The van der Waals surface area contributed by atoms with E-state index in [1.807, 2.05) is 0 Å². The number of halogens is 3. The van der Waals surface area contributed by atoms with Crippen LogP contribution in [0.25, 0.3) is 0 Å². The molecule has 0 fully saturated rings. The highest BCUT2D eigenvalue weighted by atomic mass is 19.4. The van der Waals surface area contributed by atoms with Crippen LogP contribution in [0, 0.1) is 0 Å². The fourth-order valence-electron chi connectivity index (χ4n) is 2.81. The summed E-state index contributed by atoms with van der Waals surface area (Å²) in [5, 5.41) is 15.4. The third-order valence-electron chi connectivity index (χ3n) is 4.28. The normalized spacial score (nSPS) is 13.1. The number of alkyl halides is 3. The lowest BCUT2D eigenvalue weighted by Crippen LogP contribution is -2.34. The summed E-state index contributed by atoms with van der Waals surface area (Å²) in [4.78, 5) is 23.8. The Morgan fingerprint density at radius 3 is 2.06 bits per heavy atom. The lowest BCUT2D eigenvalue weighted by molar-refractivity contribution is -0.274. The minimum atomic E-state index is -4.80. The van der Waals surface area contributed by atoms with Gasteiger partial charge in [-0.1, -0.05) is 24.3 Å². The van der Waals surface area contributed by atoms with Crippen molar-refractivity contribution in [1.82, 2.24) is 10.6 Å². The first kappa shape index (κ1) is 24.0. The van der Waals surface area contributed by atoms with Crippen LogP contribution < -0.4 is 20.1 Å². The zero-order valence-electron chi connectivity index (χ0n) is 16.9. The van der Waals surface area contributed by atoms with Gasteiger partial charge in [0.1, 0.15) is 11.5 Å². The number of ether oxygens (including phenoxy) is 2. The number of aliphatic hydroxyl groups is 1. The molecule has 10 heteroatoms. The number of aliphatic hydroxyl groups excluding tert-OH is 1. The third kappa shape index (κ3) is 8.17. The first-order valence-electron chi connectivity index (χ1n) is 9.29. The minimum absolute atomic E-state index is 0.0724. The van der Waals surface area contributed by atoms with Gasteiger partial charge >= 0.3 is 6.36 Å². The van der Waals surface area contributed by atoms with Gasteiger partial charge < -0.3 is 25.2 Å². The van der Waals surface area contributed by atoms with E-state index in [0.717, 1.165) is 12.1 Å². The molecule has 0 spiro atoms. The van der Waals surface area contributed by atoms with Gasteiger partial charge in [0.15, 0.2) is 0 Å². The van der Waals surface area contributed by atoms with Crippen molar-refractivity contribution in [2.45, 2.75) is 31.9 Å². The Balaban J connectivity index is 1.93. The van der Waals surface area contributed by atoms with E-state index >= 15 is 0 Å². The fourth-order valence-corrected chi connectivity index (χ4v) is 2.81. The average molecular weight is 440 g/mol. The Hall–Kier alpha value is -3.27. The lowest BCUT2D eigenvalue weighted by Gasteiger charge is -2.19. The van der Waals surface area contributed by atoms with Crippen molar-refractivity contribution in [2.75, 3.05) is 13.7 Å². The summed E-state index contributed by atoms with van der Waals surface area (Å²) in [6, 6.07) is 11.0. The first-order chi connectivity index (χ1) is 14.6. The quantitative estimate of drug-likeness (QED) is 0.557. The van der Waals surface area contributed by atoms with Gasteiger partial charge in [-0.25, -0.2) is 0 Å². The number of amides is 2. The highest BCUT2D eigenvalue weighted by molar-refractivity contribution is 5.79. The largest absolute Gasteiger partial charge is 0.573 e. The van der Waals surface area contributed by atoms with E-state index in [0.29, 0.717) is 16.9 Å². The van der Waals surface area contributed by atoms with E-state index < -0.39 is 30.2 Å². The molecule has 2 aromatic rings. The monoisotopic (exact) mass is 440 g/mol. The molecule has 0 aromatic heterocycles. The van der Waals surface area contributed by atoms with Crippen LogP contribution in [0.1, 0.15) is 36.6 Å². The van der Waals surface area contributed by atoms with Crippen molar-refractivity contribution in [3.63, 3.8) is 0 Å². The van der Waals surface area contributed by atoms with Crippen LogP contribution in [-0.2, 0) is 9.59 Å². The van der Waals surface area contributed by atoms with Crippen molar-refractivity contribution < 1.29 is 37.3 Å². The summed E-state index contributed by atoms with van der Waals surface area (Å²) in [6.45, 7) is 1.18. The van der Waals surface area contributed by atoms with Crippen molar-refractivity contribution in [2.24, 2.45) is 0 Å². The van der Waals surface area contributed by atoms with Gasteiger partial charge in [0, 0.05) is 13.5 Å². The number of carbonyl (C=O) groups excluding carboxylic acids is 2. The number of benzene rings is 2. The molecule has 0 saturated heterocycles. The molecule has 0 saturated carbocycles. The summed E-state index contributed by atoms with van der Waals surface area (Å²) < 4.78 is 45.5. The van der Waals surface area contributed by atoms with Crippen LogP contribution in [0.15, 0.2) is 48.5 Å². The molecule has 168 valence electrons. The maximum Gasteiger partial charge on any atom is 0.573 e. The second-order valence-electron chi connectivity index (χ2n) is 6.67. The van der Waals surface area contributed by atoms with E-state index in [-0.39, 0.29) is 18.9 Å². The molecular weight excluding hydrogens is 417 g/mol. The van der Waals surface area contributed by atoms with Gasteiger partial charge in [-0.05, 0) is 35.4 Å². The molecule has 2 rings (SSSR count). The van der Waals surface area contributed by atoms with Crippen molar-refractivity contribution >= 4 is 11.8 Å². The summed E-state index contributed by atoms with van der Waals surface area (Å²) >= 11 is 0. The van der Waals surface area contributed by atoms with Crippen molar-refractivity contribution in [3.8, 4) is 11.5 Å². The smallest absolute Gasteiger partial charge is 0.497 e. The molecule has 3 N–H and O–H groups in total. The second kappa shape index (κ2) is 10.7. The van der Waals surface area contributed by atoms with Crippen LogP contribution in [0.5, 0.6) is 11.5 Å². The number of rotatable bonds is 9. The average Bonchev–Trinajstić information content (AvgIpc) is 2.70. The number of hydrogen-bond donors (Lipinski definition) is 3. The molecule has 7 nitrogen and oxygen atoms in total. The van der Waals surface area contributed by atoms with Crippen LogP contribution >= 0.6 is 0 Å². The third-order valence-corrected chi connectivity index (χ3v) is 4.28. The maximum atomic E-state index is 12.3. The maximum absolute atomic E-state index is 12.3. The SMILES string of the molecule is COc1ccc(C(CC(=O)NCC(O)c2ccc(OC(F)(F)F)cc2)NC(C)=O)cc1. The Labute approximate surface area is 177 Å². The minimum Gasteiger partial charge on any atom is -0.497 e. The van der Waals surface area contributed by atoms with Crippen LogP contribution in [-0.4, -0.2) is 36.9 Å². The van der Waals surface area contributed by atoms with Gasteiger partial charge in [0.25, 0.3) is 0 Å². The molecule has 31 heavy (non-hydrogen) atoms. The molecule has 2 aromatic carbocycles. The fraction of sp³-hybridized carbons (Fsp3) is 0.333. The second-order valence-corrected chi connectivity index (χ2v) is 6.67. The number of hydrogen-bond acceptors (Lipinski definition) is 5. The molecule has 0 bridgehead atoms. The van der Waals surface area contributed by atoms with E-state index in [9.17, 15) is 27.9 Å². The predicted octanol–water partition coefficient (Wildman–Crippen LogP) is 3.01. The summed E-state index contributed by atoms with van der Waals surface area (Å²) in [5.74, 6) is -0.518. The van der Waals surface area contributed by atoms with Gasteiger partial charge in [0.2, 0.25) is 11.8 Å². The van der Waals surface area contributed by atoms with Gasteiger partial charge in [-0.2, -0.15) is 0 Å². The molecule has 2 unspecified atom stereocenters. The number of nitrogens with one attached hydrogen (secondary N) is 2. The summed E-state index contributed by atoms with van der Waals surface area (Å²) in [7, 11) is 1.52. The molecule has 0 aliphatic heterocycles. The molecule has 2 atom stereocenters. The molecule has 2 amide bonds. The van der Waals surface area contributed by atoms with Gasteiger partial charge in [-0.3, -0.25) is 9.59 Å². The van der Waals surface area contributed by atoms with Crippen LogP contribution in [0.2, 0.25) is 0 Å². The van der Waals surface area contributed by atoms with E-state index in [1.165, 1.54) is 26.2 Å². The number of carbonyl (C=O) groups is 2. The highest BCUT2D eigenvalue weighted by Crippen LogP contribution is 2.24. The van der Waals surface area contributed by atoms with E-state index in [4.69, 9.17) is 4.74 Å². The summed E-state index contributed by atoms with van der Waals surface area (Å²) in [6.07, 6.45) is -6.01. The Kier molecular flexibility index (Phi) is 8.26. The molecule has 0 heterocycles. The molecule has 0 aliphatic rings. The first-order valence-corrected chi connectivity index (χ1v) is 9.29. The zero-order chi connectivity index (χ0) is 23.0. The van der Waals surface area contributed by atoms with Crippen molar-refractivity contribution in [3.05, 3.63) is 59.7 Å². The molecular formula is C21H23F3N2O5. The topological polar surface area (TPSA) is 96.9 Å². The van der Waals surface area contributed by atoms with Crippen molar-refractivity contribution in [1.29, 1.82) is 0 Å². The lowest BCUT2D eigenvalue weighted by atomic mass is 10.0. The van der Waals surface area contributed by atoms with Gasteiger partial charge in [-0.15, -0.1) is 13.2 Å². The Morgan fingerprint density at radius 1 is 1.00 bits per heavy atom. The summed E-state index contributed by atoms with van der Waals surface area (Å²) in [5.41, 5.74) is 1.01. The van der Waals surface area contributed by atoms with Crippen LogP contribution in [0.4, 0.5) is 13.2 Å². The molecule has 0 radical (unpaired) electrons. The number of methoxy groups -OCH3 is 1. The standard InChI is InChI=1S/C21H23F3N2O5/c1-13(27)26-18(14-3-7-16(30-2)8-4-14)11-20(29)25-12-19(28)15-5-9-17(10-6-15)31-21(22,23)24/h3-10,18-19,28H,11-12H2,1-2H3,(H,25,29)(H,26,27). The Morgan fingerprint density at radius 2 is 1.55 bits per heavy atom. The highest BCUT2D eigenvalue weighted by Gasteiger charge is 2.31. The zero-order valence-corrected chi connectivity index (χ0v) is 16.9. The Bertz CT molecular complexity index is 870. The van der Waals surface area contributed by atoms with E-state index in [2.05, 4.69) is 15.4 Å². The van der Waals surface area contributed by atoms with E-state index in [1.54, 1.807) is 24.3 Å².